The van der Waals surface area contributed by atoms with Gasteiger partial charge in [-0.15, -0.1) is 0 Å². The third kappa shape index (κ3) is 3.24. The maximum absolute atomic E-state index is 11.4. The first-order valence-electron chi connectivity index (χ1n) is 7.02. The maximum atomic E-state index is 11.4. The average molecular weight is 287 g/mol. The standard InChI is InChI=1S/C16H21N3O2/c1-11(2)7-8-19-16(17)14(10-20)15(18-19)12-5-4-6-13(9-12)21-3/h4-6,9-11H,7-8,17H2,1-3H3. The lowest BCUT2D eigenvalue weighted by Crippen LogP contribution is -2.07. The molecule has 0 amide bonds. The molecule has 1 heterocycles. The Kier molecular flexibility index (Phi) is 4.62. The summed E-state index contributed by atoms with van der Waals surface area (Å²) in [4.78, 5) is 11.4. The second-order valence-corrected chi connectivity index (χ2v) is 5.40. The van der Waals surface area contributed by atoms with Gasteiger partial charge in [0.1, 0.15) is 17.3 Å². The Hall–Kier alpha value is -2.30. The summed E-state index contributed by atoms with van der Waals surface area (Å²) in [6.07, 6.45) is 1.73. The molecule has 1 aromatic carbocycles. The molecule has 2 rings (SSSR count). The van der Waals surface area contributed by atoms with E-state index in [1.165, 1.54) is 0 Å². The van der Waals surface area contributed by atoms with E-state index < -0.39 is 0 Å². The third-order valence-corrected chi connectivity index (χ3v) is 3.41. The van der Waals surface area contributed by atoms with E-state index in [2.05, 4.69) is 18.9 Å². The van der Waals surface area contributed by atoms with E-state index in [-0.39, 0.29) is 0 Å². The fourth-order valence-electron chi connectivity index (χ4n) is 2.14. The van der Waals surface area contributed by atoms with Crippen molar-refractivity contribution in [2.75, 3.05) is 12.8 Å². The minimum atomic E-state index is 0.420. The second kappa shape index (κ2) is 6.43. The van der Waals surface area contributed by atoms with Gasteiger partial charge in [-0.3, -0.25) is 4.79 Å². The van der Waals surface area contributed by atoms with Crippen LogP contribution in [0.1, 0.15) is 30.6 Å². The molecule has 0 fully saturated rings. The van der Waals surface area contributed by atoms with Crippen molar-refractivity contribution in [3.63, 3.8) is 0 Å². The Morgan fingerprint density at radius 2 is 2.19 bits per heavy atom. The van der Waals surface area contributed by atoms with Crippen molar-refractivity contribution in [2.24, 2.45) is 5.92 Å². The maximum Gasteiger partial charge on any atom is 0.156 e. The molecule has 21 heavy (non-hydrogen) atoms. The lowest BCUT2D eigenvalue weighted by atomic mass is 10.1. The first kappa shape index (κ1) is 15.1. The second-order valence-electron chi connectivity index (χ2n) is 5.40. The SMILES string of the molecule is COc1cccc(-c2nn(CCC(C)C)c(N)c2C=O)c1. The number of carbonyl (C=O) groups is 1. The number of rotatable bonds is 6. The van der Waals surface area contributed by atoms with E-state index in [4.69, 9.17) is 10.5 Å². The van der Waals surface area contributed by atoms with Crippen LogP contribution in [0.25, 0.3) is 11.3 Å². The van der Waals surface area contributed by atoms with Crippen molar-refractivity contribution in [3.8, 4) is 17.0 Å². The molecule has 1 aromatic heterocycles. The minimum absolute atomic E-state index is 0.420. The number of aryl methyl sites for hydroxylation is 1. The Morgan fingerprint density at radius 1 is 1.43 bits per heavy atom. The Morgan fingerprint density at radius 3 is 2.81 bits per heavy atom. The van der Waals surface area contributed by atoms with Gasteiger partial charge in [0, 0.05) is 12.1 Å². The predicted molar refractivity (Wildman–Crippen MR) is 83.5 cm³/mol. The highest BCUT2D eigenvalue weighted by atomic mass is 16.5. The Labute approximate surface area is 124 Å². The number of benzene rings is 1. The molecule has 5 heteroatoms. The number of nitrogens with two attached hydrogens (primary N) is 1. The molecule has 2 aromatic rings. The number of anilines is 1. The van der Waals surface area contributed by atoms with Crippen LogP contribution in [0.2, 0.25) is 0 Å². The van der Waals surface area contributed by atoms with Gasteiger partial charge in [-0.05, 0) is 24.5 Å². The van der Waals surface area contributed by atoms with E-state index in [0.717, 1.165) is 24.0 Å². The van der Waals surface area contributed by atoms with Crippen LogP contribution in [0.15, 0.2) is 24.3 Å². The van der Waals surface area contributed by atoms with Crippen molar-refractivity contribution in [3.05, 3.63) is 29.8 Å². The molecule has 0 saturated heterocycles. The number of aromatic nitrogens is 2. The summed E-state index contributed by atoms with van der Waals surface area (Å²) in [5.41, 5.74) is 7.91. The van der Waals surface area contributed by atoms with Crippen LogP contribution in [0.5, 0.6) is 5.75 Å². The highest BCUT2D eigenvalue weighted by Crippen LogP contribution is 2.28. The highest BCUT2D eigenvalue weighted by molar-refractivity contribution is 5.91. The molecule has 0 radical (unpaired) electrons. The molecule has 0 bridgehead atoms. The van der Waals surface area contributed by atoms with Gasteiger partial charge in [-0.1, -0.05) is 26.0 Å². The van der Waals surface area contributed by atoms with Crippen LogP contribution >= 0.6 is 0 Å². The topological polar surface area (TPSA) is 70.1 Å². The molecular weight excluding hydrogens is 266 g/mol. The monoisotopic (exact) mass is 287 g/mol. The third-order valence-electron chi connectivity index (χ3n) is 3.41. The minimum Gasteiger partial charge on any atom is -0.497 e. The van der Waals surface area contributed by atoms with E-state index in [1.807, 2.05) is 24.3 Å². The zero-order chi connectivity index (χ0) is 15.4. The smallest absolute Gasteiger partial charge is 0.156 e. The quantitative estimate of drug-likeness (QED) is 0.829. The van der Waals surface area contributed by atoms with Crippen LogP contribution in [0.4, 0.5) is 5.82 Å². The largest absolute Gasteiger partial charge is 0.497 e. The van der Waals surface area contributed by atoms with Gasteiger partial charge in [0.15, 0.2) is 6.29 Å². The van der Waals surface area contributed by atoms with Crippen molar-refractivity contribution < 1.29 is 9.53 Å². The summed E-state index contributed by atoms with van der Waals surface area (Å²) in [5, 5.41) is 4.50. The molecule has 0 atom stereocenters. The summed E-state index contributed by atoms with van der Waals surface area (Å²) in [7, 11) is 1.61. The van der Waals surface area contributed by atoms with Crippen molar-refractivity contribution >= 4 is 12.1 Å². The first-order valence-corrected chi connectivity index (χ1v) is 7.02. The van der Waals surface area contributed by atoms with Gasteiger partial charge >= 0.3 is 0 Å². The van der Waals surface area contributed by atoms with Gasteiger partial charge in [-0.25, -0.2) is 4.68 Å². The van der Waals surface area contributed by atoms with E-state index in [1.54, 1.807) is 11.8 Å². The van der Waals surface area contributed by atoms with Gasteiger partial charge in [0.25, 0.3) is 0 Å². The van der Waals surface area contributed by atoms with Crippen molar-refractivity contribution in [1.82, 2.24) is 9.78 Å². The molecule has 0 aliphatic heterocycles. The molecule has 0 aliphatic rings. The number of nitrogen functional groups attached to an aromatic ring is 1. The number of hydrogen-bond acceptors (Lipinski definition) is 4. The van der Waals surface area contributed by atoms with Gasteiger partial charge in [0.2, 0.25) is 0 Å². The molecular formula is C16H21N3O2. The summed E-state index contributed by atoms with van der Waals surface area (Å²) in [6.45, 7) is 4.99. The van der Waals surface area contributed by atoms with Crippen LogP contribution in [0, 0.1) is 5.92 Å². The summed E-state index contributed by atoms with van der Waals surface area (Å²) in [6, 6.07) is 7.46. The van der Waals surface area contributed by atoms with Crippen molar-refractivity contribution in [2.45, 2.75) is 26.8 Å². The number of aldehydes is 1. The summed E-state index contributed by atoms with van der Waals surface area (Å²) < 4.78 is 6.92. The normalized spacial score (nSPS) is 10.9. The molecule has 0 spiro atoms. The van der Waals surface area contributed by atoms with Crippen LogP contribution in [-0.2, 0) is 6.54 Å². The highest BCUT2D eigenvalue weighted by Gasteiger charge is 2.17. The lowest BCUT2D eigenvalue weighted by molar-refractivity contribution is 0.112. The molecule has 0 aliphatic carbocycles. The number of ether oxygens (including phenoxy) is 1. The predicted octanol–water partition coefficient (Wildman–Crippen LogP) is 3.00. The first-order chi connectivity index (χ1) is 10.1. The number of carbonyl (C=O) groups excluding carboxylic acids is 1. The fourth-order valence-corrected chi connectivity index (χ4v) is 2.14. The molecule has 5 nitrogen and oxygen atoms in total. The molecule has 2 N–H and O–H groups in total. The zero-order valence-electron chi connectivity index (χ0n) is 12.7. The van der Waals surface area contributed by atoms with E-state index >= 15 is 0 Å². The lowest BCUT2D eigenvalue weighted by Gasteiger charge is -2.06. The fraction of sp³-hybridized carbons (Fsp3) is 0.375. The van der Waals surface area contributed by atoms with Gasteiger partial charge < -0.3 is 10.5 Å². The number of nitrogens with zero attached hydrogens (tertiary/aromatic N) is 2. The Bertz CT molecular complexity index is 632. The van der Waals surface area contributed by atoms with Crippen LogP contribution in [0.3, 0.4) is 0 Å². The zero-order valence-corrected chi connectivity index (χ0v) is 12.7. The summed E-state index contributed by atoms with van der Waals surface area (Å²) >= 11 is 0. The van der Waals surface area contributed by atoms with E-state index in [0.29, 0.717) is 29.5 Å². The van der Waals surface area contributed by atoms with Crippen LogP contribution < -0.4 is 10.5 Å². The average Bonchev–Trinajstić information content (AvgIpc) is 2.81. The molecule has 112 valence electrons. The summed E-state index contributed by atoms with van der Waals surface area (Å²) in [5.74, 6) is 1.69. The van der Waals surface area contributed by atoms with Gasteiger partial charge in [-0.2, -0.15) is 5.10 Å². The van der Waals surface area contributed by atoms with Crippen LogP contribution in [-0.4, -0.2) is 23.2 Å². The molecule has 0 saturated carbocycles. The number of hydrogen-bond donors (Lipinski definition) is 1. The Balaban J connectivity index is 2.42. The van der Waals surface area contributed by atoms with E-state index in [9.17, 15) is 4.79 Å². The molecule has 0 unspecified atom stereocenters. The van der Waals surface area contributed by atoms with Crippen molar-refractivity contribution in [1.29, 1.82) is 0 Å². The number of methoxy groups -OCH3 is 1. The van der Waals surface area contributed by atoms with Gasteiger partial charge in [0.05, 0.1) is 12.7 Å².